The van der Waals surface area contributed by atoms with Crippen LogP contribution in [0.15, 0.2) is 65.1 Å². The fraction of sp³-hybridized carbons (Fsp3) is 0.167. The summed E-state index contributed by atoms with van der Waals surface area (Å²) in [5.41, 5.74) is 5.00. The summed E-state index contributed by atoms with van der Waals surface area (Å²) in [5.74, 6) is 0.806. The van der Waals surface area contributed by atoms with E-state index in [1.54, 1.807) is 18.2 Å². The predicted molar refractivity (Wildman–Crippen MR) is 119 cm³/mol. The Morgan fingerprint density at radius 2 is 1.90 bits per heavy atom. The summed E-state index contributed by atoms with van der Waals surface area (Å²) in [5, 5.41) is 3.21. The molecule has 0 atom stereocenters. The maximum atomic E-state index is 12.4. The van der Waals surface area contributed by atoms with Crippen LogP contribution in [0.1, 0.15) is 18.1 Å². The molecule has 6 heteroatoms. The molecule has 152 valence electrons. The first kappa shape index (κ1) is 20.0. The molecule has 0 saturated heterocycles. The first-order valence-electron chi connectivity index (χ1n) is 9.70. The van der Waals surface area contributed by atoms with Crippen molar-refractivity contribution in [1.29, 1.82) is 0 Å². The lowest BCUT2D eigenvalue weighted by Crippen LogP contribution is -2.20. The Labute approximate surface area is 179 Å². The number of nitrogens with one attached hydrogen (secondary N) is 1. The zero-order valence-electron chi connectivity index (χ0n) is 16.7. The largest absolute Gasteiger partial charge is 0.484 e. The number of halogens is 1. The Morgan fingerprint density at radius 1 is 1.10 bits per heavy atom. The van der Waals surface area contributed by atoms with Crippen LogP contribution in [-0.2, 0) is 11.2 Å². The number of hydrogen-bond donors (Lipinski definition) is 1. The van der Waals surface area contributed by atoms with E-state index in [-0.39, 0.29) is 12.5 Å². The molecule has 5 nitrogen and oxygen atoms in total. The van der Waals surface area contributed by atoms with E-state index in [4.69, 9.17) is 20.8 Å². The maximum Gasteiger partial charge on any atom is 0.262 e. The molecule has 0 saturated carbocycles. The van der Waals surface area contributed by atoms with Crippen LogP contribution in [0.2, 0.25) is 5.02 Å². The zero-order valence-corrected chi connectivity index (χ0v) is 17.5. The van der Waals surface area contributed by atoms with E-state index in [1.807, 2.05) is 49.4 Å². The summed E-state index contributed by atoms with van der Waals surface area (Å²) in [6, 6.07) is 18.8. The highest BCUT2D eigenvalue weighted by Gasteiger charge is 2.13. The van der Waals surface area contributed by atoms with Crippen molar-refractivity contribution < 1.29 is 13.9 Å². The van der Waals surface area contributed by atoms with Crippen LogP contribution in [0, 0.1) is 6.92 Å². The molecule has 4 rings (SSSR count). The lowest BCUT2D eigenvalue weighted by Gasteiger charge is -2.10. The number of nitrogens with zero attached hydrogens (tertiary/aromatic N) is 1. The van der Waals surface area contributed by atoms with Crippen LogP contribution in [0.25, 0.3) is 22.6 Å². The molecule has 0 aliphatic heterocycles. The highest BCUT2D eigenvalue weighted by atomic mass is 35.5. The van der Waals surface area contributed by atoms with Crippen molar-refractivity contribution in [3.63, 3.8) is 0 Å². The third-order valence-electron chi connectivity index (χ3n) is 4.73. The molecule has 0 aliphatic rings. The molecule has 3 aromatic carbocycles. The number of benzene rings is 3. The van der Waals surface area contributed by atoms with Crippen LogP contribution >= 0.6 is 11.6 Å². The Balaban J connectivity index is 1.47. The van der Waals surface area contributed by atoms with Gasteiger partial charge in [-0.15, -0.1) is 0 Å². The monoisotopic (exact) mass is 420 g/mol. The zero-order chi connectivity index (χ0) is 21.1. The fourth-order valence-electron chi connectivity index (χ4n) is 3.07. The minimum atomic E-state index is -0.304. The standard InChI is InChI=1S/C24H21ClN2O3/c1-3-16-5-8-18(9-6-16)29-14-23(28)26-21-13-17(7-10-19(21)25)24-27-20-11-4-15(2)12-22(20)30-24/h4-13H,3,14H2,1-2H3,(H,26,28). The molecular formula is C24H21ClN2O3. The van der Waals surface area contributed by atoms with Crippen molar-refractivity contribution in [3.8, 4) is 17.2 Å². The molecule has 30 heavy (non-hydrogen) atoms. The van der Waals surface area contributed by atoms with Crippen LogP contribution in [0.5, 0.6) is 5.75 Å². The second kappa shape index (κ2) is 8.59. The fourth-order valence-corrected chi connectivity index (χ4v) is 3.23. The van der Waals surface area contributed by atoms with E-state index in [2.05, 4.69) is 17.2 Å². The first-order chi connectivity index (χ1) is 14.5. The van der Waals surface area contributed by atoms with Gasteiger partial charge in [0.2, 0.25) is 5.89 Å². The van der Waals surface area contributed by atoms with E-state index < -0.39 is 0 Å². The Morgan fingerprint density at radius 3 is 2.67 bits per heavy atom. The van der Waals surface area contributed by atoms with Gasteiger partial charge in [0, 0.05) is 5.56 Å². The number of fused-ring (bicyclic) bond motifs is 1. The number of oxazole rings is 1. The van der Waals surface area contributed by atoms with Gasteiger partial charge in [-0.25, -0.2) is 4.98 Å². The number of aromatic nitrogens is 1. The van der Waals surface area contributed by atoms with Crippen LogP contribution in [0.3, 0.4) is 0 Å². The first-order valence-corrected chi connectivity index (χ1v) is 10.1. The topological polar surface area (TPSA) is 64.4 Å². The summed E-state index contributed by atoms with van der Waals surface area (Å²) in [7, 11) is 0. The van der Waals surface area contributed by atoms with Gasteiger partial charge in [-0.1, -0.05) is 36.7 Å². The molecule has 0 aliphatic carbocycles. The number of amides is 1. The van der Waals surface area contributed by atoms with Gasteiger partial charge in [0.25, 0.3) is 5.91 Å². The van der Waals surface area contributed by atoms with E-state index in [0.717, 1.165) is 23.1 Å². The van der Waals surface area contributed by atoms with Crippen molar-refractivity contribution in [2.75, 3.05) is 11.9 Å². The van der Waals surface area contributed by atoms with Gasteiger partial charge < -0.3 is 14.5 Å². The summed E-state index contributed by atoms with van der Waals surface area (Å²) in [6.45, 7) is 3.97. The van der Waals surface area contributed by atoms with Gasteiger partial charge in [-0.05, 0) is 66.9 Å². The smallest absolute Gasteiger partial charge is 0.262 e. The van der Waals surface area contributed by atoms with E-state index in [0.29, 0.717) is 27.9 Å². The van der Waals surface area contributed by atoms with Crippen molar-refractivity contribution in [2.45, 2.75) is 20.3 Å². The Bertz CT molecular complexity index is 1200. The highest BCUT2D eigenvalue weighted by Crippen LogP contribution is 2.30. The molecule has 1 heterocycles. The van der Waals surface area contributed by atoms with Gasteiger partial charge >= 0.3 is 0 Å². The SMILES string of the molecule is CCc1ccc(OCC(=O)Nc2cc(-c3nc4ccc(C)cc4o3)ccc2Cl)cc1. The van der Waals surface area contributed by atoms with Crippen LogP contribution in [-0.4, -0.2) is 17.5 Å². The van der Waals surface area contributed by atoms with Gasteiger partial charge in [-0.3, -0.25) is 4.79 Å². The molecule has 1 aromatic heterocycles. The van der Waals surface area contributed by atoms with Gasteiger partial charge in [0.15, 0.2) is 12.2 Å². The number of carbonyl (C=O) groups is 1. The van der Waals surface area contributed by atoms with Crippen molar-refractivity contribution in [3.05, 3.63) is 76.8 Å². The molecule has 0 fully saturated rings. The second-order valence-electron chi connectivity index (χ2n) is 7.02. The molecule has 0 bridgehead atoms. The number of hydrogen-bond acceptors (Lipinski definition) is 4. The van der Waals surface area contributed by atoms with E-state index in [9.17, 15) is 4.79 Å². The van der Waals surface area contributed by atoms with Gasteiger partial charge in [0.1, 0.15) is 11.3 Å². The molecule has 4 aromatic rings. The Kier molecular flexibility index (Phi) is 5.72. The van der Waals surface area contributed by atoms with Gasteiger partial charge in [-0.2, -0.15) is 0 Å². The third-order valence-corrected chi connectivity index (χ3v) is 5.06. The Hall–Kier alpha value is -3.31. The third kappa shape index (κ3) is 4.47. The molecule has 0 radical (unpaired) electrons. The average Bonchev–Trinajstić information content (AvgIpc) is 3.17. The molecule has 0 unspecified atom stereocenters. The summed E-state index contributed by atoms with van der Waals surface area (Å²) >= 11 is 6.27. The molecule has 0 spiro atoms. The predicted octanol–water partition coefficient (Wildman–Crippen LogP) is 6.04. The minimum absolute atomic E-state index is 0.117. The number of rotatable bonds is 6. The average molecular weight is 421 g/mol. The maximum absolute atomic E-state index is 12.4. The van der Waals surface area contributed by atoms with E-state index in [1.165, 1.54) is 5.56 Å². The van der Waals surface area contributed by atoms with Crippen LogP contribution in [0.4, 0.5) is 5.69 Å². The quantitative estimate of drug-likeness (QED) is 0.413. The lowest BCUT2D eigenvalue weighted by molar-refractivity contribution is -0.118. The normalized spacial score (nSPS) is 10.9. The minimum Gasteiger partial charge on any atom is -0.484 e. The number of anilines is 1. The van der Waals surface area contributed by atoms with E-state index >= 15 is 0 Å². The molecule has 1 amide bonds. The number of aryl methyl sites for hydroxylation is 2. The lowest BCUT2D eigenvalue weighted by atomic mass is 10.2. The summed E-state index contributed by atoms with van der Waals surface area (Å²) in [6.07, 6.45) is 0.954. The summed E-state index contributed by atoms with van der Waals surface area (Å²) < 4.78 is 11.4. The van der Waals surface area contributed by atoms with Crippen molar-refractivity contribution >= 4 is 34.3 Å². The highest BCUT2D eigenvalue weighted by molar-refractivity contribution is 6.33. The number of ether oxygens (including phenoxy) is 1. The van der Waals surface area contributed by atoms with Gasteiger partial charge in [0.05, 0.1) is 10.7 Å². The summed E-state index contributed by atoms with van der Waals surface area (Å²) in [4.78, 5) is 16.9. The second-order valence-corrected chi connectivity index (χ2v) is 7.43. The molecular weight excluding hydrogens is 400 g/mol. The van der Waals surface area contributed by atoms with Crippen molar-refractivity contribution in [2.24, 2.45) is 0 Å². The van der Waals surface area contributed by atoms with Crippen LogP contribution < -0.4 is 10.1 Å². The number of carbonyl (C=O) groups excluding carboxylic acids is 1. The molecule has 1 N–H and O–H groups in total. The van der Waals surface area contributed by atoms with Crippen molar-refractivity contribution in [1.82, 2.24) is 4.98 Å².